The van der Waals surface area contributed by atoms with Crippen molar-refractivity contribution >= 4 is 33.2 Å². The summed E-state index contributed by atoms with van der Waals surface area (Å²) in [7, 11) is 0. The molecule has 1 aromatic heterocycles. The van der Waals surface area contributed by atoms with Gasteiger partial charge in [-0.15, -0.1) is 0 Å². The molecule has 1 rings (SSSR count). The molecule has 0 radical (unpaired) electrons. The maximum atomic E-state index is 11.3. The maximum Gasteiger partial charge on any atom is 0.218 e. The van der Waals surface area contributed by atoms with Gasteiger partial charge in [0.05, 0.1) is 10.2 Å². The van der Waals surface area contributed by atoms with Crippen molar-refractivity contribution in [3.8, 4) is 0 Å². The highest BCUT2D eigenvalue weighted by Gasteiger charge is 2.02. The summed E-state index contributed by atoms with van der Waals surface area (Å²) in [5.74, 6) is 0. The predicted octanol–water partition coefficient (Wildman–Crippen LogP) is 2.34. The number of halogens is 2. The van der Waals surface area contributed by atoms with Gasteiger partial charge in [-0.2, -0.15) is 0 Å². The number of anilines is 1. The summed E-state index contributed by atoms with van der Waals surface area (Å²) in [5, 5.41) is 0. The molecule has 3 nitrogen and oxygen atoms in total. The van der Waals surface area contributed by atoms with Crippen LogP contribution >= 0.6 is 27.5 Å². The number of aromatic nitrogens is 1. The number of pyridine rings is 1. The van der Waals surface area contributed by atoms with E-state index in [1.54, 1.807) is 17.0 Å². The summed E-state index contributed by atoms with van der Waals surface area (Å²) in [6, 6.07) is 0. The largest absolute Gasteiger partial charge is 0.394 e. The minimum Gasteiger partial charge on any atom is -0.394 e. The van der Waals surface area contributed by atoms with Crippen LogP contribution < -0.4 is 11.2 Å². The van der Waals surface area contributed by atoms with E-state index in [-0.39, 0.29) is 11.1 Å². The van der Waals surface area contributed by atoms with E-state index in [0.29, 0.717) is 11.0 Å². The molecule has 2 N–H and O–H groups in total. The second-order valence-corrected chi connectivity index (χ2v) is 4.09. The van der Waals surface area contributed by atoms with Crippen molar-refractivity contribution in [2.75, 3.05) is 5.73 Å². The Bertz CT molecular complexity index is 399. The number of hydrogen-bond donors (Lipinski definition) is 1. The zero-order valence-corrected chi connectivity index (χ0v) is 9.97. The van der Waals surface area contributed by atoms with Crippen molar-refractivity contribution in [3.05, 3.63) is 38.2 Å². The minimum absolute atomic E-state index is 0.186. The molecule has 0 aliphatic carbocycles. The number of nitrogens with two attached hydrogens (primary N) is 1. The first kappa shape index (κ1) is 11.3. The lowest BCUT2D eigenvalue weighted by atomic mass is 10.3. The Labute approximate surface area is 95.3 Å². The van der Waals surface area contributed by atoms with Crippen molar-refractivity contribution in [1.29, 1.82) is 0 Å². The van der Waals surface area contributed by atoms with Crippen LogP contribution in [0.4, 0.5) is 5.69 Å². The number of hydrogen-bond acceptors (Lipinski definition) is 2. The lowest BCUT2D eigenvalue weighted by molar-refractivity contribution is 0.774. The molecule has 0 saturated carbocycles. The van der Waals surface area contributed by atoms with E-state index in [0.717, 1.165) is 5.57 Å². The Morgan fingerprint density at radius 2 is 2.36 bits per heavy atom. The lowest BCUT2D eigenvalue weighted by Gasteiger charge is -2.07. The molecule has 0 unspecified atom stereocenters. The van der Waals surface area contributed by atoms with E-state index in [1.165, 1.54) is 5.54 Å². The number of rotatable bonds is 2. The summed E-state index contributed by atoms with van der Waals surface area (Å²) >= 11 is 8.68. The Kier molecular flexibility index (Phi) is 3.77. The van der Waals surface area contributed by atoms with Gasteiger partial charge in [-0.25, -0.2) is 0 Å². The molecule has 0 saturated heterocycles. The first-order chi connectivity index (χ1) is 6.54. The van der Waals surface area contributed by atoms with Gasteiger partial charge >= 0.3 is 0 Å². The number of allylic oxidation sites excluding steroid dienone is 1. The van der Waals surface area contributed by atoms with Gasteiger partial charge in [0.15, 0.2) is 0 Å². The standard InChI is InChI=1S/C9H10BrClN2O/c1-6(2-11)3-13-4-7(10)9(14)8(12)5-13/h2,4-5H,3,12H2,1H3/b6-2+. The normalized spacial score (nSPS) is 11.8. The van der Waals surface area contributed by atoms with Crippen LogP contribution in [0.5, 0.6) is 0 Å². The van der Waals surface area contributed by atoms with Gasteiger partial charge in [-0.05, 0) is 28.4 Å². The van der Waals surface area contributed by atoms with Crippen LogP contribution in [0.2, 0.25) is 0 Å². The molecule has 1 aromatic rings. The molecular formula is C9H10BrClN2O. The molecule has 0 aliphatic rings. The van der Waals surface area contributed by atoms with E-state index < -0.39 is 0 Å². The van der Waals surface area contributed by atoms with Crippen LogP contribution in [-0.4, -0.2) is 4.57 Å². The molecule has 0 atom stereocenters. The number of nitrogen functional groups attached to an aromatic ring is 1. The molecule has 0 fully saturated rings. The van der Waals surface area contributed by atoms with Crippen molar-refractivity contribution < 1.29 is 0 Å². The summed E-state index contributed by atoms with van der Waals surface area (Å²) < 4.78 is 2.26. The molecule has 0 spiro atoms. The van der Waals surface area contributed by atoms with Gasteiger partial charge in [0.25, 0.3) is 0 Å². The van der Waals surface area contributed by atoms with Gasteiger partial charge in [0, 0.05) is 24.5 Å². The highest BCUT2D eigenvalue weighted by atomic mass is 79.9. The maximum absolute atomic E-state index is 11.3. The topological polar surface area (TPSA) is 48.0 Å². The molecule has 0 aliphatic heterocycles. The number of nitrogens with zero attached hydrogens (tertiary/aromatic N) is 1. The average Bonchev–Trinajstić information content (AvgIpc) is 2.14. The highest BCUT2D eigenvalue weighted by molar-refractivity contribution is 9.10. The van der Waals surface area contributed by atoms with Gasteiger partial charge in [0.1, 0.15) is 0 Å². The van der Waals surface area contributed by atoms with Crippen molar-refractivity contribution in [2.45, 2.75) is 13.5 Å². The summed E-state index contributed by atoms with van der Waals surface area (Å²) in [5.41, 5.74) is 8.05. The zero-order chi connectivity index (χ0) is 10.7. The van der Waals surface area contributed by atoms with E-state index in [4.69, 9.17) is 17.3 Å². The quantitative estimate of drug-likeness (QED) is 0.902. The molecule has 1 heterocycles. The monoisotopic (exact) mass is 276 g/mol. The van der Waals surface area contributed by atoms with E-state index in [2.05, 4.69) is 15.9 Å². The Morgan fingerprint density at radius 1 is 1.71 bits per heavy atom. The predicted molar refractivity (Wildman–Crippen MR) is 62.4 cm³/mol. The summed E-state index contributed by atoms with van der Waals surface area (Å²) in [6.45, 7) is 2.52. The molecule has 14 heavy (non-hydrogen) atoms. The fraction of sp³-hybridized carbons (Fsp3) is 0.222. The Balaban J connectivity index is 3.07. The first-order valence-corrected chi connectivity index (χ1v) is 5.18. The van der Waals surface area contributed by atoms with Crippen LogP contribution in [0, 0.1) is 0 Å². The SMILES string of the molecule is C/C(=C\Cl)Cn1cc(N)c(=O)c(Br)c1. The Morgan fingerprint density at radius 3 is 2.86 bits per heavy atom. The molecule has 0 aromatic carbocycles. The third-order valence-corrected chi connectivity index (χ3v) is 2.62. The zero-order valence-electron chi connectivity index (χ0n) is 7.63. The third-order valence-electron chi connectivity index (χ3n) is 1.68. The van der Waals surface area contributed by atoms with Crippen LogP contribution in [0.15, 0.2) is 32.8 Å². The molecule has 76 valence electrons. The minimum atomic E-state index is -0.186. The second kappa shape index (κ2) is 4.66. The smallest absolute Gasteiger partial charge is 0.218 e. The highest BCUT2D eigenvalue weighted by Crippen LogP contribution is 2.08. The first-order valence-electron chi connectivity index (χ1n) is 3.95. The van der Waals surface area contributed by atoms with Crippen molar-refractivity contribution in [3.63, 3.8) is 0 Å². The van der Waals surface area contributed by atoms with E-state index in [1.807, 2.05) is 6.92 Å². The molecule has 0 bridgehead atoms. The van der Waals surface area contributed by atoms with Crippen LogP contribution in [0.25, 0.3) is 0 Å². The fourth-order valence-electron chi connectivity index (χ4n) is 1.03. The molecule has 5 heteroatoms. The van der Waals surface area contributed by atoms with Gasteiger partial charge in [-0.1, -0.05) is 11.6 Å². The third kappa shape index (κ3) is 2.62. The van der Waals surface area contributed by atoms with E-state index in [9.17, 15) is 4.79 Å². The second-order valence-electron chi connectivity index (χ2n) is 3.02. The van der Waals surface area contributed by atoms with Gasteiger partial charge < -0.3 is 10.3 Å². The summed E-state index contributed by atoms with van der Waals surface area (Å²) in [6.07, 6.45) is 3.28. The fourth-order valence-corrected chi connectivity index (χ4v) is 1.59. The van der Waals surface area contributed by atoms with Gasteiger partial charge in [0.2, 0.25) is 5.43 Å². The van der Waals surface area contributed by atoms with E-state index >= 15 is 0 Å². The lowest BCUT2D eigenvalue weighted by Crippen LogP contribution is -2.13. The summed E-state index contributed by atoms with van der Waals surface area (Å²) in [4.78, 5) is 11.3. The van der Waals surface area contributed by atoms with Gasteiger partial charge in [-0.3, -0.25) is 4.79 Å². The average molecular weight is 278 g/mol. The Hall–Kier alpha value is -0.740. The van der Waals surface area contributed by atoms with Crippen molar-refractivity contribution in [2.24, 2.45) is 0 Å². The van der Waals surface area contributed by atoms with Crippen LogP contribution in [0.3, 0.4) is 0 Å². The van der Waals surface area contributed by atoms with Crippen LogP contribution in [0.1, 0.15) is 6.92 Å². The van der Waals surface area contributed by atoms with Crippen LogP contribution in [-0.2, 0) is 6.54 Å². The molecular weight excluding hydrogens is 267 g/mol. The molecule has 0 amide bonds. The van der Waals surface area contributed by atoms with Crippen molar-refractivity contribution in [1.82, 2.24) is 4.57 Å².